The Morgan fingerprint density at radius 1 is 1.19 bits per heavy atom. The van der Waals surface area contributed by atoms with Crippen molar-refractivity contribution < 1.29 is 14.3 Å². The number of anilines is 1. The Bertz CT molecular complexity index is 852. The maximum Gasteiger partial charge on any atom is 0.295 e. The zero-order chi connectivity index (χ0) is 18.5. The van der Waals surface area contributed by atoms with Crippen LogP contribution in [-0.2, 0) is 4.79 Å². The van der Waals surface area contributed by atoms with E-state index in [0.717, 1.165) is 28.8 Å². The van der Waals surface area contributed by atoms with Gasteiger partial charge in [-0.3, -0.25) is 14.5 Å². The summed E-state index contributed by atoms with van der Waals surface area (Å²) in [7, 11) is 0. The van der Waals surface area contributed by atoms with Gasteiger partial charge >= 0.3 is 0 Å². The highest BCUT2D eigenvalue weighted by Crippen LogP contribution is 2.32. The molecule has 0 bridgehead atoms. The molecule has 0 radical (unpaired) electrons. The molecule has 5 nitrogen and oxygen atoms in total. The van der Waals surface area contributed by atoms with Crippen molar-refractivity contribution in [1.82, 2.24) is 4.90 Å². The zero-order valence-electron chi connectivity index (χ0n) is 14.1. The Morgan fingerprint density at radius 2 is 1.96 bits per heavy atom. The molecule has 2 amide bonds. The van der Waals surface area contributed by atoms with Crippen LogP contribution in [-0.4, -0.2) is 29.3 Å². The fraction of sp³-hybridized carbons (Fsp3) is 0.158. The summed E-state index contributed by atoms with van der Waals surface area (Å²) in [6.07, 6.45) is 1.71. The molecule has 134 valence electrons. The van der Waals surface area contributed by atoms with Crippen molar-refractivity contribution in [2.24, 2.45) is 0 Å². The minimum Gasteiger partial charge on any atom is -0.494 e. The second kappa shape index (κ2) is 8.29. The molecule has 0 aliphatic carbocycles. The van der Waals surface area contributed by atoms with Gasteiger partial charge in [-0.15, -0.1) is 0 Å². The lowest BCUT2D eigenvalue weighted by atomic mass is 10.2. The van der Waals surface area contributed by atoms with Crippen LogP contribution < -0.4 is 10.1 Å². The highest BCUT2D eigenvalue weighted by Gasteiger charge is 2.34. The molecule has 7 heteroatoms. The average Bonchev–Trinajstić information content (AvgIpc) is 2.88. The molecular formula is C19H17ClN2O3S. The first kappa shape index (κ1) is 18.4. The van der Waals surface area contributed by atoms with Crippen LogP contribution in [0.4, 0.5) is 10.5 Å². The van der Waals surface area contributed by atoms with Crippen molar-refractivity contribution in [3.63, 3.8) is 0 Å². The third-order valence-electron chi connectivity index (χ3n) is 3.63. The number of nitrogens with zero attached hydrogens (tertiary/aromatic N) is 1. The Hall–Kier alpha value is -2.44. The van der Waals surface area contributed by atoms with Crippen molar-refractivity contribution in [3.8, 4) is 5.75 Å². The van der Waals surface area contributed by atoms with Crippen LogP contribution in [0.25, 0.3) is 6.08 Å². The second-order valence-electron chi connectivity index (χ2n) is 5.46. The number of thioether (sulfide) groups is 1. The first-order valence-corrected chi connectivity index (χ1v) is 9.24. The van der Waals surface area contributed by atoms with Gasteiger partial charge in [-0.1, -0.05) is 29.8 Å². The monoisotopic (exact) mass is 388 g/mol. The van der Waals surface area contributed by atoms with Crippen molar-refractivity contribution in [1.29, 1.82) is 0 Å². The third-order valence-corrected chi connectivity index (χ3v) is 4.77. The number of hydrogen-bond donors (Lipinski definition) is 1. The van der Waals surface area contributed by atoms with Gasteiger partial charge in [0.2, 0.25) is 0 Å². The number of nitrogens with one attached hydrogen (secondary N) is 1. The summed E-state index contributed by atoms with van der Waals surface area (Å²) < 4.78 is 5.40. The van der Waals surface area contributed by atoms with E-state index < -0.39 is 0 Å². The SMILES string of the molecule is CCOc1ccc(C=C2SC(=O)N(CNc3cccc(Cl)c3)C2=O)cc1. The number of imide groups is 1. The molecule has 0 aromatic heterocycles. The normalized spacial score (nSPS) is 15.6. The number of hydrogen-bond acceptors (Lipinski definition) is 5. The number of benzene rings is 2. The summed E-state index contributed by atoms with van der Waals surface area (Å²) in [6, 6.07) is 14.5. The predicted octanol–water partition coefficient (Wildman–Crippen LogP) is 4.84. The van der Waals surface area contributed by atoms with Gasteiger partial charge in [0, 0.05) is 10.7 Å². The van der Waals surface area contributed by atoms with E-state index in [1.165, 1.54) is 4.90 Å². The van der Waals surface area contributed by atoms with E-state index in [4.69, 9.17) is 16.3 Å². The van der Waals surface area contributed by atoms with Crippen molar-refractivity contribution in [3.05, 3.63) is 64.0 Å². The molecule has 1 heterocycles. The Balaban J connectivity index is 1.67. The number of carbonyl (C=O) groups excluding carboxylic acids is 2. The van der Waals surface area contributed by atoms with Gasteiger partial charge in [0.1, 0.15) is 5.75 Å². The number of ether oxygens (including phenoxy) is 1. The molecule has 1 saturated heterocycles. The van der Waals surface area contributed by atoms with E-state index in [0.29, 0.717) is 16.5 Å². The van der Waals surface area contributed by atoms with Crippen LogP contribution in [0.3, 0.4) is 0 Å². The molecule has 2 aromatic carbocycles. The Kier molecular flexibility index (Phi) is 5.85. The van der Waals surface area contributed by atoms with Gasteiger partial charge in [-0.2, -0.15) is 0 Å². The maximum atomic E-state index is 12.5. The molecule has 1 aliphatic rings. The van der Waals surface area contributed by atoms with E-state index in [-0.39, 0.29) is 17.8 Å². The minimum absolute atomic E-state index is 0.0889. The molecule has 2 aromatic rings. The molecule has 1 fully saturated rings. The molecule has 3 rings (SSSR count). The van der Waals surface area contributed by atoms with Gasteiger partial charge in [0.15, 0.2) is 0 Å². The lowest BCUT2D eigenvalue weighted by Gasteiger charge is -2.14. The molecule has 1 N–H and O–H groups in total. The first-order chi connectivity index (χ1) is 12.6. The fourth-order valence-corrected chi connectivity index (χ4v) is 3.41. The first-order valence-electron chi connectivity index (χ1n) is 8.04. The van der Waals surface area contributed by atoms with Crippen LogP contribution in [0.1, 0.15) is 12.5 Å². The molecule has 0 saturated carbocycles. The minimum atomic E-state index is -0.316. The summed E-state index contributed by atoms with van der Waals surface area (Å²) >= 11 is 6.86. The number of halogens is 1. The zero-order valence-corrected chi connectivity index (χ0v) is 15.6. The van der Waals surface area contributed by atoms with Gasteiger partial charge in [-0.05, 0) is 60.7 Å². The Morgan fingerprint density at radius 3 is 2.65 bits per heavy atom. The van der Waals surface area contributed by atoms with Crippen LogP contribution in [0, 0.1) is 0 Å². The van der Waals surface area contributed by atoms with E-state index in [1.807, 2.05) is 37.3 Å². The standard InChI is InChI=1S/C19H17ClN2O3S/c1-2-25-16-8-6-13(7-9-16)10-17-18(23)22(19(24)26-17)12-21-15-5-3-4-14(20)11-15/h3-11,21H,2,12H2,1H3. The lowest BCUT2D eigenvalue weighted by Crippen LogP contribution is -2.33. The van der Waals surface area contributed by atoms with Crippen molar-refractivity contribution >= 4 is 46.3 Å². The highest BCUT2D eigenvalue weighted by atomic mass is 35.5. The van der Waals surface area contributed by atoms with Crippen LogP contribution in [0.15, 0.2) is 53.4 Å². The quantitative estimate of drug-likeness (QED) is 0.717. The summed E-state index contributed by atoms with van der Waals surface area (Å²) in [5.74, 6) is 0.451. The van der Waals surface area contributed by atoms with Crippen molar-refractivity contribution in [2.45, 2.75) is 6.92 Å². The molecule has 0 unspecified atom stereocenters. The molecule has 0 atom stereocenters. The summed E-state index contributed by atoms with van der Waals surface area (Å²) in [4.78, 5) is 26.2. The van der Waals surface area contributed by atoms with E-state index >= 15 is 0 Å². The van der Waals surface area contributed by atoms with Crippen LogP contribution >= 0.6 is 23.4 Å². The molecular weight excluding hydrogens is 372 g/mol. The second-order valence-corrected chi connectivity index (χ2v) is 6.89. The largest absolute Gasteiger partial charge is 0.494 e. The number of amides is 2. The number of carbonyl (C=O) groups is 2. The third kappa shape index (κ3) is 4.39. The maximum absolute atomic E-state index is 12.5. The number of rotatable bonds is 6. The van der Waals surface area contributed by atoms with Gasteiger partial charge in [0.25, 0.3) is 11.1 Å². The van der Waals surface area contributed by atoms with Crippen LogP contribution in [0.5, 0.6) is 5.75 Å². The fourth-order valence-electron chi connectivity index (χ4n) is 2.38. The summed E-state index contributed by atoms with van der Waals surface area (Å²) in [5, 5.41) is 3.32. The summed E-state index contributed by atoms with van der Waals surface area (Å²) in [5.41, 5.74) is 1.58. The smallest absolute Gasteiger partial charge is 0.295 e. The lowest BCUT2D eigenvalue weighted by molar-refractivity contribution is -0.122. The van der Waals surface area contributed by atoms with Gasteiger partial charge in [0.05, 0.1) is 18.2 Å². The summed E-state index contributed by atoms with van der Waals surface area (Å²) in [6.45, 7) is 2.60. The molecule has 0 spiro atoms. The average molecular weight is 389 g/mol. The van der Waals surface area contributed by atoms with Gasteiger partial charge < -0.3 is 10.1 Å². The van der Waals surface area contributed by atoms with Crippen molar-refractivity contribution in [2.75, 3.05) is 18.6 Å². The van der Waals surface area contributed by atoms with Crippen LogP contribution in [0.2, 0.25) is 5.02 Å². The Labute approximate surface area is 161 Å². The predicted molar refractivity (Wildman–Crippen MR) is 105 cm³/mol. The molecule has 1 aliphatic heterocycles. The van der Waals surface area contributed by atoms with E-state index in [9.17, 15) is 9.59 Å². The topological polar surface area (TPSA) is 58.6 Å². The van der Waals surface area contributed by atoms with E-state index in [1.54, 1.807) is 24.3 Å². The highest BCUT2D eigenvalue weighted by molar-refractivity contribution is 8.18. The van der Waals surface area contributed by atoms with Gasteiger partial charge in [-0.25, -0.2) is 0 Å². The molecule has 26 heavy (non-hydrogen) atoms. The van der Waals surface area contributed by atoms with E-state index in [2.05, 4.69) is 5.32 Å².